The average Bonchev–Trinajstić information content (AvgIpc) is 3.34. The zero-order chi connectivity index (χ0) is 27.2. The number of hydrogen-bond acceptors (Lipinski definition) is 6. The third-order valence-electron chi connectivity index (χ3n) is 5.99. The molecule has 9 heteroatoms. The van der Waals surface area contributed by atoms with Gasteiger partial charge in [-0.05, 0) is 48.0 Å². The molecule has 8 nitrogen and oxygen atoms in total. The van der Waals surface area contributed by atoms with Crippen LogP contribution in [0.2, 0.25) is 0 Å². The highest BCUT2D eigenvalue weighted by Crippen LogP contribution is 2.38. The minimum absolute atomic E-state index is 0.0396. The highest BCUT2D eigenvalue weighted by molar-refractivity contribution is 7.21. The van der Waals surface area contributed by atoms with E-state index in [2.05, 4.69) is 10.6 Å². The fourth-order valence-electron chi connectivity index (χ4n) is 4.09. The van der Waals surface area contributed by atoms with E-state index in [1.807, 2.05) is 42.5 Å². The molecule has 5 aromatic rings. The number of ether oxygens (including phenoxy) is 1. The number of nitrogens with one attached hydrogen (secondary N) is 2. The molecule has 0 fully saturated rings. The summed E-state index contributed by atoms with van der Waals surface area (Å²) < 4.78 is 6.91. The van der Waals surface area contributed by atoms with E-state index < -0.39 is 4.92 Å². The molecule has 0 aliphatic carbocycles. The number of carbonyl (C=O) groups is 2. The molecule has 0 spiro atoms. The average molecular weight is 538 g/mol. The number of benzene rings is 4. The van der Waals surface area contributed by atoms with E-state index >= 15 is 0 Å². The molecule has 0 bridgehead atoms. The summed E-state index contributed by atoms with van der Waals surface area (Å²) in [6.07, 6.45) is 0. The molecule has 2 N–H and O–H groups in total. The first kappa shape index (κ1) is 25.6. The van der Waals surface area contributed by atoms with Gasteiger partial charge < -0.3 is 15.4 Å². The number of amides is 2. The van der Waals surface area contributed by atoms with E-state index in [1.165, 1.54) is 17.4 Å². The smallest absolute Gasteiger partial charge is 0.276 e. The van der Waals surface area contributed by atoms with Crippen molar-refractivity contribution < 1.29 is 19.2 Å². The van der Waals surface area contributed by atoms with Crippen LogP contribution in [0.15, 0.2) is 103 Å². The lowest BCUT2D eigenvalue weighted by Gasteiger charge is -2.10. The Labute approximate surface area is 228 Å². The number of hydrogen-bond donors (Lipinski definition) is 2. The lowest BCUT2D eigenvalue weighted by Crippen LogP contribution is -2.22. The fraction of sp³-hybridized carbons (Fsp3) is 0.0667. The van der Waals surface area contributed by atoms with Gasteiger partial charge in [0.1, 0.15) is 11.5 Å². The van der Waals surface area contributed by atoms with Crippen molar-refractivity contribution in [2.75, 3.05) is 5.32 Å². The molecular formula is C30H23N3O5S. The predicted octanol–water partition coefficient (Wildman–Crippen LogP) is 6.57. The Bertz CT molecular complexity index is 1670. The van der Waals surface area contributed by atoms with Crippen LogP contribution in [0, 0.1) is 10.1 Å². The number of nitro benzene ring substituents is 1. The Kier molecular flexibility index (Phi) is 7.60. The number of nitrogens with zero attached hydrogens (tertiary/aromatic N) is 1. The second-order valence-electron chi connectivity index (χ2n) is 8.63. The molecule has 0 atom stereocenters. The second kappa shape index (κ2) is 11.6. The highest BCUT2D eigenvalue weighted by Gasteiger charge is 2.21. The van der Waals surface area contributed by atoms with Crippen LogP contribution in [0.4, 0.5) is 11.4 Å². The normalized spacial score (nSPS) is 10.7. The van der Waals surface area contributed by atoms with Gasteiger partial charge in [0.15, 0.2) is 5.75 Å². The molecule has 0 saturated carbocycles. The molecule has 0 aliphatic heterocycles. The minimum atomic E-state index is -0.450. The molecule has 0 aliphatic rings. The number of nitro groups is 1. The van der Waals surface area contributed by atoms with Gasteiger partial charge in [-0.1, -0.05) is 54.6 Å². The number of fused-ring (bicyclic) bond motifs is 1. The number of thiophene rings is 1. The maximum Gasteiger partial charge on any atom is 0.276 e. The summed E-state index contributed by atoms with van der Waals surface area (Å²) in [5.41, 5.74) is 2.35. The molecule has 39 heavy (non-hydrogen) atoms. The predicted molar refractivity (Wildman–Crippen MR) is 151 cm³/mol. The van der Waals surface area contributed by atoms with Gasteiger partial charge >= 0.3 is 0 Å². The molecular weight excluding hydrogens is 514 g/mol. The minimum Gasteiger partial charge on any atom is -0.486 e. The van der Waals surface area contributed by atoms with E-state index in [-0.39, 0.29) is 30.7 Å². The molecule has 0 saturated heterocycles. The number of anilines is 1. The van der Waals surface area contributed by atoms with Crippen molar-refractivity contribution in [3.05, 3.63) is 135 Å². The van der Waals surface area contributed by atoms with Crippen LogP contribution >= 0.6 is 11.3 Å². The maximum absolute atomic E-state index is 13.3. The van der Waals surface area contributed by atoms with Crippen LogP contribution in [0.3, 0.4) is 0 Å². The molecule has 0 unspecified atom stereocenters. The highest BCUT2D eigenvalue weighted by atomic mass is 32.1. The van der Waals surface area contributed by atoms with Crippen molar-refractivity contribution in [3.8, 4) is 5.75 Å². The number of para-hydroxylation sites is 1. The standard InChI is InChI=1S/C30H23N3O5S/c34-29(21-10-2-1-3-11-21)32-23-13-8-9-20(17-23)18-31-30(35)28-27(24-14-5-7-16-26(24)39-28)38-19-22-12-4-6-15-25(22)33(36)37/h1-17H,18-19H2,(H,31,35)(H,32,34). The van der Waals surface area contributed by atoms with Gasteiger partial charge in [0.25, 0.3) is 17.5 Å². The van der Waals surface area contributed by atoms with E-state index in [9.17, 15) is 19.7 Å². The first-order chi connectivity index (χ1) is 19.0. The van der Waals surface area contributed by atoms with Crippen molar-refractivity contribution in [2.24, 2.45) is 0 Å². The summed E-state index contributed by atoms with van der Waals surface area (Å²) in [6, 6.07) is 30.0. The van der Waals surface area contributed by atoms with E-state index in [4.69, 9.17) is 4.74 Å². The number of carbonyl (C=O) groups excluding carboxylic acids is 2. The van der Waals surface area contributed by atoms with Crippen molar-refractivity contribution in [2.45, 2.75) is 13.2 Å². The third-order valence-corrected chi connectivity index (χ3v) is 7.14. The van der Waals surface area contributed by atoms with Crippen LogP contribution in [0.1, 0.15) is 31.2 Å². The summed E-state index contributed by atoms with van der Waals surface area (Å²) >= 11 is 1.29. The Morgan fingerprint density at radius 1 is 0.846 bits per heavy atom. The van der Waals surface area contributed by atoms with Crippen molar-refractivity contribution in [1.82, 2.24) is 5.32 Å². The molecule has 0 radical (unpaired) electrons. The Morgan fingerprint density at radius 2 is 1.59 bits per heavy atom. The third kappa shape index (κ3) is 5.94. The van der Waals surface area contributed by atoms with Gasteiger partial charge in [-0.3, -0.25) is 19.7 Å². The van der Waals surface area contributed by atoms with E-state index in [0.29, 0.717) is 27.4 Å². The Morgan fingerprint density at radius 3 is 2.41 bits per heavy atom. The summed E-state index contributed by atoms with van der Waals surface area (Å²) in [4.78, 5) is 37.1. The van der Waals surface area contributed by atoms with Gasteiger partial charge in [-0.15, -0.1) is 11.3 Å². The Balaban J connectivity index is 1.31. The lowest BCUT2D eigenvalue weighted by molar-refractivity contribution is -0.385. The number of rotatable bonds is 9. The van der Waals surface area contributed by atoms with Crippen LogP contribution in [0.5, 0.6) is 5.75 Å². The van der Waals surface area contributed by atoms with Gasteiger partial charge in [-0.2, -0.15) is 0 Å². The van der Waals surface area contributed by atoms with Crippen molar-refractivity contribution in [3.63, 3.8) is 0 Å². The lowest BCUT2D eigenvalue weighted by atomic mass is 10.1. The van der Waals surface area contributed by atoms with Gasteiger partial charge in [0.2, 0.25) is 0 Å². The zero-order valence-corrected chi connectivity index (χ0v) is 21.4. The van der Waals surface area contributed by atoms with Gasteiger partial charge in [-0.25, -0.2) is 0 Å². The molecule has 5 rings (SSSR count). The van der Waals surface area contributed by atoms with Crippen LogP contribution in [0.25, 0.3) is 10.1 Å². The van der Waals surface area contributed by atoms with Crippen LogP contribution in [-0.4, -0.2) is 16.7 Å². The summed E-state index contributed by atoms with van der Waals surface area (Å²) in [6.45, 7) is 0.174. The largest absolute Gasteiger partial charge is 0.486 e. The van der Waals surface area contributed by atoms with Crippen LogP contribution in [-0.2, 0) is 13.2 Å². The first-order valence-corrected chi connectivity index (χ1v) is 12.9. The first-order valence-electron chi connectivity index (χ1n) is 12.1. The quantitative estimate of drug-likeness (QED) is 0.163. The fourth-order valence-corrected chi connectivity index (χ4v) is 5.15. The SMILES string of the molecule is O=C(Nc1cccc(CNC(=O)c2sc3ccccc3c2OCc2ccccc2[N+](=O)[O-])c1)c1ccccc1. The van der Waals surface area contributed by atoms with Crippen LogP contribution < -0.4 is 15.4 Å². The second-order valence-corrected chi connectivity index (χ2v) is 9.69. The molecule has 2 amide bonds. The van der Waals surface area contributed by atoms with E-state index in [0.717, 1.165) is 15.6 Å². The summed E-state index contributed by atoms with van der Waals surface area (Å²) in [5.74, 6) is -0.162. The maximum atomic E-state index is 13.3. The molecule has 1 heterocycles. The summed E-state index contributed by atoms with van der Waals surface area (Å²) in [7, 11) is 0. The van der Waals surface area contributed by atoms with Crippen molar-refractivity contribution in [1.29, 1.82) is 0 Å². The Hall–Kier alpha value is -5.02. The van der Waals surface area contributed by atoms with Gasteiger partial charge in [0, 0.05) is 33.9 Å². The molecule has 1 aromatic heterocycles. The summed E-state index contributed by atoms with van der Waals surface area (Å²) in [5, 5.41) is 18.0. The molecule has 4 aromatic carbocycles. The van der Waals surface area contributed by atoms with E-state index in [1.54, 1.807) is 54.6 Å². The van der Waals surface area contributed by atoms with Crippen molar-refractivity contribution >= 4 is 44.6 Å². The zero-order valence-electron chi connectivity index (χ0n) is 20.6. The topological polar surface area (TPSA) is 111 Å². The molecule has 194 valence electrons. The van der Waals surface area contributed by atoms with Gasteiger partial charge in [0.05, 0.1) is 10.5 Å². The monoisotopic (exact) mass is 537 g/mol.